The number of fused-ring (bicyclic) bond motifs is 2. The van der Waals surface area contributed by atoms with Gasteiger partial charge in [-0.25, -0.2) is 13.2 Å². The largest absolute Gasteiger partial charge is 0.480 e. The van der Waals surface area contributed by atoms with Gasteiger partial charge in [0, 0.05) is 36.7 Å². The summed E-state index contributed by atoms with van der Waals surface area (Å²) in [4.78, 5) is 40.1. The van der Waals surface area contributed by atoms with E-state index in [-0.39, 0.29) is 39.4 Å². The van der Waals surface area contributed by atoms with Crippen LogP contribution in [-0.2, 0) is 40.4 Å². The number of aliphatic carboxylic acids is 1. The maximum absolute atomic E-state index is 13.2. The molecule has 9 nitrogen and oxygen atoms in total. The first kappa shape index (κ1) is 38.3. The maximum atomic E-state index is 13.2. The van der Waals surface area contributed by atoms with E-state index in [0.717, 1.165) is 18.1 Å². The summed E-state index contributed by atoms with van der Waals surface area (Å²) >= 11 is 13.1. The van der Waals surface area contributed by atoms with Crippen LogP contribution >= 0.6 is 23.2 Å². The van der Waals surface area contributed by atoms with Gasteiger partial charge in [-0.05, 0) is 77.1 Å². The van der Waals surface area contributed by atoms with Gasteiger partial charge in [-0.3, -0.25) is 9.59 Å². The lowest BCUT2D eigenvalue weighted by atomic mass is 9.95. The molecule has 5 aromatic carbocycles. The Morgan fingerprint density at radius 2 is 1.52 bits per heavy atom. The summed E-state index contributed by atoms with van der Waals surface area (Å²) in [7, 11) is -3.50. The number of nitrogens with one attached hydrogen (secondary N) is 1. The van der Waals surface area contributed by atoms with Crippen LogP contribution in [0.4, 0.5) is 0 Å². The molecule has 2 amide bonds. The van der Waals surface area contributed by atoms with Crippen LogP contribution in [-0.4, -0.2) is 55.1 Å². The molecule has 7 rings (SSSR count). The number of benzene rings is 5. The lowest BCUT2D eigenvalue weighted by Gasteiger charge is -2.30. The van der Waals surface area contributed by atoms with E-state index >= 15 is 0 Å². The lowest BCUT2D eigenvalue weighted by molar-refractivity contribution is -0.139. The zero-order chi connectivity index (χ0) is 38.4. The molecule has 0 fully saturated rings. The minimum absolute atomic E-state index is 0.0146. The molecular weight excluding hydrogens is 747 g/mol. The van der Waals surface area contributed by atoms with Crippen molar-refractivity contribution in [3.8, 4) is 0 Å². The number of carbonyl (C=O) groups excluding carboxylic acids is 2. The van der Waals surface area contributed by atoms with E-state index in [1.54, 1.807) is 35.4 Å². The molecule has 276 valence electrons. The number of sulfone groups is 1. The number of carbonyl (C=O) groups is 3. The Labute approximate surface area is 323 Å². The smallest absolute Gasteiger partial charge is 0.326 e. The highest BCUT2D eigenvalue weighted by Crippen LogP contribution is 2.35. The highest BCUT2D eigenvalue weighted by molar-refractivity contribution is 7.90. The first-order chi connectivity index (χ1) is 25.9. The molecule has 0 spiro atoms. The normalized spacial score (nSPS) is 13.0. The van der Waals surface area contributed by atoms with Crippen LogP contribution in [0.2, 0.25) is 10.0 Å². The first-order valence-corrected chi connectivity index (χ1v) is 19.7. The van der Waals surface area contributed by atoms with Crippen LogP contribution in [0.15, 0.2) is 131 Å². The van der Waals surface area contributed by atoms with E-state index in [0.29, 0.717) is 40.8 Å². The van der Waals surface area contributed by atoms with Crippen LogP contribution in [0.25, 0.3) is 11.0 Å². The Morgan fingerprint density at radius 3 is 2.17 bits per heavy atom. The van der Waals surface area contributed by atoms with Crippen molar-refractivity contribution < 1.29 is 32.3 Å². The van der Waals surface area contributed by atoms with Gasteiger partial charge in [-0.1, -0.05) is 102 Å². The average molecular weight is 784 g/mol. The quantitative estimate of drug-likeness (QED) is 0.152. The molecule has 12 heteroatoms. The molecule has 0 saturated heterocycles. The van der Waals surface area contributed by atoms with Crippen LogP contribution in [0.3, 0.4) is 0 Å². The molecule has 2 heterocycles. The van der Waals surface area contributed by atoms with Crippen molar-refractivity contribution >= 4 is 61.8 Å². The van der Waals surface area contributed by atoms with Gasteiger partial charge in [-0.15, -0.1) is 0 Å². The minimum atomic E-state index is -3.50. The fourth-order valence-electron chi connectivity index (χ4n) is 6.30. The highest BCUT2D eigenvalue weighted by atomic mass is 35.5. The monoisotopic (exact) mass is 782 g/mol. The molecule has 0 aliphatic carbocycles. The van der Waals surface area contributed by atoms with Crippen molar-refractivity contribution in [3.63, 3.8) is 0 Å². The summed E-state index contributed by atoms with van der Waals surface area (Å²) in [6.45, 7) is 0.568. The molecular formula is C42H36Cl2N2O7S. The van der Waals surface area contributed by atoms with Gasteiger partial charge in [0.15, 0.2) is 9.84 Å². The van der Waals surface area contributed by atoms with E-state index in [1.807, 2.05) is 12.1 Å². The molecule has 0 saturated carbocycles. The molecule has 1 aliphatic rings. The molecule has 54 heavy (non-hydrogen) atoms. The standard InChI is InChI=1S/C29H24Cl2N2O7S.C13H12/c1-41(38,39)20-4-2-3-16(11-20)12-23(29(36)37)32-27(34)25-22(30)13-19-15-33(9-7-21(19)26(25)31)28(35)18-6-5-17-8-10-40-24(17)14-18;1-3-7-12(8-4-1)11-13-9-5-2-6-10-13/h2-6,8,10-11,13-14,23H,7,9,12,15H2,1H3,(H,32,34)(H,36,37);1-10H,11H2/t23-;/m0./s1. The zero-order valence-electron chi connectivity index (χ0n) is 29.2. The number of rotatable bonds is 9. The summed E-state index contributed by atoms with van der Waals surface area (Å²) in [5.41, 5.74) is 5.51. The summed E-state index contributed by atoms with van der Waals surface area (Å²) in [6.07, 6.45) is 3.84. The molecule has 2 N–H and O–H groups in total. The second kappa shape index (κ2) is 16.7. The molecule has 0 bridgehead atoms. The second-order valence-electron chi connectivity index (χ2n) is 13.0. The van der Waals surface area contributed by atoms with E-state index in [9.17, 15) is 27.9 Å². The van der Waals surface area contributed by atoms with Gasteiger partial charge in [0.05, 0.1) is 26.8 Å². The zero-order valence-corrected chi connectivity index (χ0v) is 31.5. The summed E-state index contributed by atoms with van der Waals surface area (Å²) < 4.78 is 29.2. The molecule has 0 radical (unpaired) electrons. The molecule has 1 aromatic heterocycles. The first-order valence-electron chi connectivity index (χ1n) is 17.0. The van der Waals surface area contributed by atoms with Gasteiger partial charge in [0.2, 0.25) is 0 Å². The second-order valence-corrected chi connectivity index (χ2v) is 15.8. The van der Waals surface area contributed by atoms with E-state index in [2.05, 4.69) is 66.0 Å². The summed E-state index contributed by atoms with van der Waals surface area (Å²) in [5.74, 6) is -2.28. The third-order valence-corrected chi connectivity index (χ3v) is 10.9. The van der Waals surface area contributed by atoms with Crippen molar-refractivity contribution in [1.29, 1.82) is 0 Å². The van der Waals surface area contributed by atoms with Crippen molar-refractivity contribution in [2.24, 2.45) is 0 Å². The van der Waals surface area contributed by atoms with Crippen LogP contribution in [0.1, 0.15) is 48.5 Å². The number of halogens is 2. The molecule has 1 atom stereocenters. The van der Waals surface area contributed by atoms with E-state index in [1.165, 1.54) is 29.3 Å². The number of carboxylic acid groups (broad SMARTS) is 1. The number of nitrogens with zero attached hydrogens (tertiary/aromatic N) is 1. The van der Waals surface area contributed by atoms with Crippen molar-refractivity contribution in [1.82, 2.24) is 10.2 Å². The molecule has 0 unspecified atom stereocenters. The minimum Gasteiger partial charge on any atom is -0.480 e. The topological polar surface area (TPSA) is 134 Å². The number of carboxylic acids is 1. The molecule has 6 aromatic rings. The van der Waals surface area contributed by atoms with Gasteiger partial charge < -0.3 is 19.7 Å². The van der Waals surface area contributed by atoms with Crippen LogP contribution in [0, 0.1) is 0 Å². The predicted molar refractivity (Wildman–Crippen MR) is 209 cm³/mol. The van der Waals surface area contributed by atoms with Crippen molar-refractivity contribution in [2.75, 3.05) is 12.8 Å². The number of furan rings is 1. The summed E-state index contributed by atoms with van der Waals surface area (Å²) in [6, 6.07) is 34.2. The Balaban J connectivity index is 0.000000321. The van der Waals surface area contributed by atoms with E-state index < -0.39 is 27.8 Å². The third kappa shape index (κ3) is 9.20. The van der Waals surface area contributed by atoms with Gasteiger partial charge in [-0.2, -0.15) is 0 Å². The van der Waals surface area contributed by atoms with E-state index in [4.69, 9.17) is 27.6 Å². The third-order valence-electron chi connectivity index (χ3n) is 9.09. The van der Waals surface area contributed by atoms with Crippen LogP contribution < -0.4 is 5.32 Å². The fourth-order valence-corrected chi connectivity index (χ4v) is 7.76. The average Bonchev–Trinajstić information content (AvgIpc) is 3.63. The predicted octanol–water partition coefficient (Wildman–Crippen LogP) is 8.04. The van der Waals surface area contributed by atoms with Crippen molar-refractivity contribution in [2.45, 2.75) is 36.7 Å². The Bertz CT molecular complexity index is 2400. The lowest BCUT2D eigenvalue weighted by Crippen LogP contribution is -2.42. The van der Waals surface area contributed by atoms with Crippen molar-refractivity contribution in [3.05, 3.63) is 171 Å². The summed E-state index contributed by atoms with van der Waals surface area (Å²) in [5, 5.41) is 13.2. The van der Waals surface area contributed by atoms with Gasteiger partial charge >= 0.3 is 5.97 Å². The molecule has 1 aliphatic heterocycles. The SMILES string of the molecule is CS(=O)(=O)c1cccc(C[C@H](NC(=O)c2c(Cl)cc3c(c2Cl)CCN(C(=O)c2ccc4ccoc4c2)C3)C(=O)O)c1.c1ccc(Cc2ccccc2)cc1. The maximum Gasteiger partial charge on any atom is 0.326 e. The fraction of sp³-hybridized carbons (Fsp3) is 0.167. The number of amides is 2. The van der Waals surface area contributed by atoms with Gasteiger partial charge in [0.25, 0.3) is 11.8 Å². The Hall–Kier alpha value is -5.42. The number of hydrogen-bond acceptors (Lipinski definition) is 6. The Kier molecular flexibility index (Phi) is 11.9. The van der Waals surface area contributed by atoms with Crippen LogP contribution in [0.5, 0.6) is 0 Å². The van der Waals surface area contributed by atoms with Gasteiger partial charge in [0.1, 0.15) is 11.6 Å². The highest BCUT2D eigenvalue weighted by Gasteiger charge is 2.30. The Morgan fingerprint density at radius 1 is 0.852 bits per heavy atom. The number of hydrogen-bond donors (Lipinski definition) is 2.